The van der Waals surface area contributed by atoms with E-state index in [0.29, 0.717) is 19.3 Å². The first-order valence-electron chi connectivity index (χ1n) is 5.84. The molecule has 0 radical (unpaired) electrons. The smallest absolute Gasteiger partial charge is 0.334 e. The van der Waals surface area contributed by atoms with Crippen LogP contribution in [0.2, 0.25) is 0 Å². The van der Waals surface area contributed by atoms with Crippen LogP contribution in [0, 0.1) is 5.92 Å². The van der Waals surface area contributed by atoms with Gasteiger partial charge >= 0.3 is 12.2 Å². The molecule has 2 rings (SSSR count). The second kappa shape index (κ2) is 4.99. The van der Waals surface area contributed by atoms with E-state index in [9.17, 15) is 18.0 Å². The number of carbonyl (C=O) groups excluding carboxylic acids is 1. The lowest BCUT2D eigenvalue weighted by Crippen LogP contribution is -2.48. The Hall–Kier alpha value is -1.53. The molecule has 1 aromatic heterocycles. The molecular formula is C11H14F3N3O. The lowest BCUT2D eigenvalue weighted by atomic mass is 9.84. The normalized spacial score (nSPS) is 24.8. The highest BCUT2D eigenvalue weighted by atomic mass is 19.4. The van der Waals surface area contributed by atoms with Crippen LogP contribution in [-0.2, 0) is 0 Å². The number of imidazole rings is 1. The molecule has 18 heavy (non-hydrogen) atoms. The highest BCUT2D eigenvalue weighted by Gasteiger charge is 2.46. The highest BCUT2D eigenvalue weighted by Crippen LogP contribution is 2.37. The van der Waals surface area contributed by atoms with Crippen molar-refractivity contribution in [1.29, 1.82) is 0 Å². The van der Waals surface area contributed by atoms with Crippen molar-refractivity contribution in [2.24, 2.45) is 5.92 Å². The Morgan fingerprint density at radius 3 is 2.67 bits per heavy atom. The molecule has 100 valence electrons. The van der Waals surface area contributed by atoms with Crippen molar-refractivity contribution in [1.82, 2.24) is 14.9 Å². The molecule has 7 heteroatoms. The van der Waals surface area contributed by atoms with Gasteiger partial charge < -0.3 is 5.32 Å². The molecule has 0 saturated heterocycles. The first-order valence-corrected chi connectivity index (χ1v) is 5.84. The summed E-state index contributed by atoms with van der Waals surface area (Å²) in [5.41, 5.74) is 0. The molecular weight excluding hydrogens is 247 g/mol. The highest BCUT2D eigenvalue weighted by molar-refractivity contribution is 5.76. The van der Waals surface area contributed by atoms with E-state index >= 15 is 0 Å². The molecule has 0 spiro atoms. The van der Waals surface area contributed by atoms with Gasteiger partial charge in [0.15, 0.2) is 0 Å². The van der Waals surface area contributed by atoms with E-state index in [0.717, 1.165) is 4.57 Å². The van der Waals surface area contributed by atoms with Gasteiger partial charge in [-0.25, -0.2) is 9.78 Å². The number of aromatic nitrogens is 2. The Kier molecular flexibility index (Phi) is 3.58. The summed E-state index contributed by atoms with van der Waals surface area (Å²) in [7, 11) is 0. The molecule has 1 saturated carbocycles. The number of rotatable bonds is 1. The van der Waals surface area contributed by atoms with Crippen molar-refractivity contribution in [2.45, 2.75) is 37.9 Å². The summed E-state index contributed by atoms with van der Waals surface area (Å²) < 4.78 is 39.6. The van der Waals surface area contributed by atoms with Crippen LogP contribution in [0.1, 0.15) is 25.7 Å². The van der Waals surface area contributed by atoms with Crippen molar-refractivity contribution >= 4 is 6.03 Å². The topological polar surface area (TPSA) is 46.9 Å². The molecule has 1 N–H and O–H groups in total. The fourth-order valence-corrected chi connectivity index (χ4v) is 2.31. The van der Waals surface area contributed by atoms with Crippen LogP contribution >= 0.6 is 0 Å². The van der Waals surface area contributed by atoms with Crippen molar-refractivity contribution in [3.63, 3.8) is 0 Å². The number of halogens is 3. The van der Waals surface area contributed by atoms with Gasteiger partial charge in [0, 0.05) is 18.4 Å². The number of nitrogens with one attached hydrogen (secondary N) is 1. The zero-order valence-corrected chi connectivity index (χ0v) is 9.65. The SMILES string of the molecule is O=C(NC1CCCCC1C(F)(F)F)n1ccnc1. The molecule has 0 aromatic carbocycles. The van der Waals surface area contributed by atoms with Gasteiger partial charge in [-0.1, -0.05) is 12.8 Å². The number of alkyl halides is 3. The third-order valence-corrected chi connectivity index (χ3v) is 3.23. The summed E-state index contributed by atoms with van der Waals surface area (Å²) in [6, 6.07) is -1.40. The molecule has 1 aromatic rings. The third kappa shape index (κ3) is 2.83. The van der Waals surface area contributed by atoms with Gasteiger partial charge in [0.05, 0.1) is 5.92 Å². The largest absolute Gasteiger partial charge is 0.393 e. The zero-order valence-electron chi connectivity index (χ0n) is 9.65. The Morgan fingerprint density at radius 2 is 2.06 bits per heavy atom. The maximum absolute atomic E-state index is 12.8. The summed E-state index contributed by atoms with van der Waals surface area (Å²) in [5, 5.41) is 2.44. The number of carbonyl (C=O) groups is 1. The van der Waals surface area contributed by atoms with Crippen LogP contribution in [0.25, 0.3) is 0 Å². The minimum atomic E-state index is -4.26. The second-order valence-electron chi connectivity index (χ2n) is 4.46. The van der Waals surface area contributed by atoms with E-state index in [1.807, 2.05) is 0 Å². The average molecular weight is 261 g/mol. The fraction of sp³-hybridized carbons (Fsp3) is 0.636. The molecule has 2 unspecified atom stereocenters. The van der Waals surface area contributed by atoms with E-state index in [1.54, 1.807) is 0 Å². The van der Waals surface area contributed by atoms with Crippen molar-refractivity contribution in [3.05, 3.63) is 18.7 Å². The standard InChI is InChI=1S/C11H14F3N3O/c12-11(13,14)8-3-1-2-4-9(8)16-10(18)17-6-5-15-7-17/h5-9H,1-4H2,(H,16,18). The van der Waals surface area contributed by atoms with Gasteiger partial charge in [0.25, 0.3) is 0 Å². The third-order valence-electron chi connectivity index (χ3n) is 3.23. The number of hydrogen-bond acceptors (Lipinski definition) is 2. The zero-order chi connectivity index (χ0) is 13.2. The Bertz CT molecular complexity index is 402. The molecule has 4 nitrogen and oxygen atoms in total. The summed E-state index contributed by atoms with van der Waals surface area (Å²) in [5.74, 6) is -1.45. The Balaban J connectivity index is 2.04. The quantitative estimate of drug-likeness (QED) is 0.844. The van der Waals surface area contributed by atoms with Gasteiger partial charge in [-0.3, -0.25) is 4.57 Å². The average Bonchev–Trinajstić information content (AvgIpc) is 2.81. The van der Waals surface area contributed by atoms with Crippen LogP contribution < -0.4 is 5.32 Å². The van der Waals surface area contributed by atoms with Gasteiger partial charge in [-0.2, -0.15) is 13.2 Å². The van der Waals surface area contributed by atoms with Crippen LogP contribution in [0.3, 0.4) is 0 Å². The fourth-order valence-electron chi connectivity index (χ4n) is 2.31. The first-order chi connectivity index (χ1) is 8.48. The lowest BCUT2D eigenvalue weighted by molar-refractivity contribution is -0.187. The maximum Gasteiger partial charge on any atom is 0.393 e. The second-order valence-corrected chi connectivity index (χ2v) is 4.46. The molecule has 1 fully saturated rings. The predicted molar refractivity (Wildman–Crippen MR) is 58.0 cm³/mol. The van der Waals surface area contributed by atoms with E-state index in [2.05, 4.69) is 10.3 Å². The van der Waals surface area contributed by atoms with Gasteiger partial charge in [-0.05, 0) is 12.8 Å². The van der Waals surface area contributed by atoms with E-state index < -0.39 is 24.2 Å². The van der Waals surface area contributed by atoms with E-state index in [-0.39, 0.29) is 6.42 Å². The summed E-state index contributed by atoms with van der Waals surface area (Å²) in [4.78, 5) is 15.4. The van der Waals surface area contributed by atoms with Gasteiger partial charge in [0.1, 0.15) is 6.33 Å². The lowest BCUT2D eigenvalue weighted by Gasteiger charge is -2.33. The minimum Gasteiger partial charge on any atom is -0.334 e. The van der Waals surface area contributed by atoms with Crippen LogP contribution in [0.4, 0.5) is 18.0 Å². The number of nitrogens with zero attached hydrogens (tertiary/aromatic N) is 2. The number of amides is 1. The molecule has 2 atom stereocenters. The summed E-state index contributed by atoms with van der Waals surface area (Å²) in [6.07, 6.45) is 1.53. The first kappa shape index (κ1) is 12.9. The molecule has 1 aliphatic carbocycles. The Morgan fingerprint density at radius 1 is 1.33 bits per heavy atom. The van der Waals surface area contributed by atoms with Crippen LogP contribution in [0.15, 0.2) is 18.7 Å². The van der Waals surface area contributed by atoms with Crippen molar-refractivity contribution < 1.29 is 18.0 Å². The van der Waals surface area contributed by atoms with Crippen LogP contribution in [0.5, 0.6) is 0 Å². The summed E-state index contributed by atoms with van der Waals surface area (Å²) >= 11 is 0. The minimum absolute atomic E-state index is 0.0817. The molecule has 1 heterocycles. The Labute approximate surface area is 102 Å². The van der Waals surface area contributed by atoms with Crippen molar-refractivity contribution in [3.8, 4) is 0 Å². The molecule has 0 bridgehead atoms. The predicted octanol–water partition coefficient (Wildman–Crippen LogP) is 2.56. The maximum atomic E-state index is 12.8. The van der Waals surface area contributed by atoms with Gasteiger partial charge in [0.2, 0.25) is 0 Å². The molecule has 0 aliphatic heterocycles. The van der Waals surface area contributed by atoms with Crippen LogP contribution in [-0.4, -0.2) is 27.8 Å². The monoisotopic (exact) mass is 261 g/mol. The van der Waals surface area contributed by atoms with E-state index in [4.69, 9.17) is 0 Å². The molecule has 1 aliphatic rings. The van der Waals surface area contributed by atoms with E-state index in [1.165, 1.54) is 18.7 Å². The van der Waals surface area contributed by atoms with Gasteiger partial charge in [-0.15, -0.1) is 0 Å². The molecule has 1 amide bonds. The number of hydrogen-bond donors (Lipinski definition) is 1. The summed E-state index contributed by atoms with van der Waals surface area (Å²) in [6.45, 7) is 0. The van der Waals surface area contributed by atoms with Crippen molar-refractivity contribution in [2.75, 3.05) is 0 Å².